The molecule has 2 aliphatic heterocycles. The van der Waals surface area contributed by atoms with E-state index in [1.807, 2.05) is 24.3 Å². The first-order chi connectivity index (χ1) is 10.1. The van der Waals surface area contributed by atoms with E-state index in [1.54, 1.807) is 0 Å². The third-order valence-electron chi connectivity index (χ3n) is 4.54. The molecule has 3 rings (SSSR count). The molecule has 0 saturated carbocycles. The van der Waals surface area contributed by atoms with Gasteiger partial charge in [-0.15, -0.1) is 0 Å². The van der Waals surface area contributed by atoms with Crippen LogP contribution in [0.3, 0.4) is 0 Å². The molecule has 5 heteroatoms. The largest absolute Gasteiger partial charge is 0.370 e. The second-order valence-corrected chi connectivity index (χ2v) is 5.94. The van der Waals surface area contributed by atoms with E-state index < -0.39 is 0 Å². The average Bonchev–Trinajstić information content (AvgIpc) is 2.47. The van der Waals surface area contributed by atoms with Crippen LogP contribution < -0.4 is 10.2 Å². The topological polar surface area (TPSA) is 73.2 Å². The fourth-order valence-electron chi connectivity index (χ4n) is 3.41. The number of nitrogens with one attached hydrogen (secondary N) is 1. The van der Waals surface area contributed by atoms with E-state index in [-0.39, 0.29) is 17.2 Å². The molecule has 2 fully saturated rings. The van der Waals surface area contributed by atoms with Crippen LogP contribution in [0.15, 0.2) is 24.3 Å². The van der Waals surface area contributed by atoms with E-state index in [1.165, 1.54) is 0 Å². The predicted octanol–water partition coefficient (Wildman–Crippen LogP) is 1.58. The van der Waals surface area contributed by atoms with Gasteiger partial charge in [-0.05, 0) is 30.4 Å². The summed E-state index contributed by atoms with van der Waals surface area (Å²) in [5.41, 5.74) is 1.43. The highest BCUT2D eigenvalue weighted by Gasteiger charge is 2.42. The third kappa shape index (κ3) is 2.62. The Hall–Kier alpha value is -2.35. The summed E-state index contributed by atoms with van der Waals surface area (Å²) in [6, 6.07) is 9.78. The van der Waals surface area contributed by atoms with Gasteiger partial charge in [-0.3, -0.25) is 14.9 Å². The Labute approximate surface area is 123 Å². The van der Waals surface area contributed by atoms with Crippen LogP contribution in [0.5, 0.6) is 0 Å². The number of amides is 2. The highest BCUT2D eigenvalue weighted by atomic mass is 16.2. The van der Waals surface area contributed by atoms with Gasteiger partial charge in [0.2, 0.25) is 11.8 Å². The van der Waals surface area contributed by atoms with Crippen molar-refractivity contribution in [1.29, 1.82) is 5.26 Å². The molecule has 2 amide bonds. The maximum atomic E-state index is 11.6. The summed E-state index contributed by atoms with van der Waals surface area (Å²) in [7, 11) is 0. The number of rotatable bonds is 1. The van der Waals surface area contributed by atoms with Gasteiger partial charge in [0.25, 0.3) is 0 Å². The first-order valence-corrected chi connectivity index (χ1v) is 7.19. The van der Waals surface area contributed by atoms with Gasteiger partial charge >= 0.3 is 0 Å². The van der Waals surface area contributed by atoms with Crippen molar-refractivity contribution in [3.8, 4) is 6.07 Å². The molecule has 2 aliphatic rings. The van der Waals surface area contributed by atoms with Crippen LogP contribution in [-0.4, -0.2) is 24.9 Å². The lowest BCUT2D eigenvalue weighted by Gasteiger charge is -2.43. The standard InChI is InChI=1S/C16H17N3O2/c17-11-12-3-1-2-4-13(12)19-7-5-16(6-8-19)9-14(20)18-15(21)10-16/h1-4H,5-10H2,(H,18,20,21). The quantitative estimate of drug-likeness (QED) is 0.794. The maximum absolute atomic E-state index is 11.6. The minimum absolute atomic E-state index is 0.155. The zero-order valence-electron chi connectivity index (χ0n) is 11.8. The lowest BCUT2D eigenvalue weighted by molar-refractivity contribution is -0.138. The van der Waals surface area contributed by atoms with E-state index >= 15 is 0 Å². The molecule has 21 heavy (non-hydrogen) atoms. The monoisotopic (exact) mass is 283 g/mol. The number of benzene rings is 1. The minimum atomic E-state index is -0.183. The highest BCUT2D eigenvalue weighted by Crippen LogP contribution is 2.41. The van der Waals surface area contributed by atoms with E-state index in [0.29, 0.717) is 18.4 Å². The van der Waals surface area contributed by atoms with Crippen LogP contribution in [0.4, 0.5) is 5.69 Å². The van der Waals surface area contributed by atoms with Crippen LogP contribution in [0, 0.1) is 16.7 Å². The summed E-state index contributed by atoms with van der Waals surface area (Å²) >= 11 is 0. The van der Waals surface area contributed by atoms with Crippen LogP contribution in [0.25, 0.3) is 0 Å². The number of piperidine rings is 2. The number of carbonyl (C=O) groups is 2. The van der Waals surface area contributed by atoms with Crippen molar-refractivity contribution in [1.82, 2.24) is 5.32 Å². The molecule has 1 aromatic rings. The molecule has 0 unspecified atom stereocenters. The second-order valence-electron chi connectivity index (χ2n) is 5.94. The lowest BCUT2D eigenvalue weighted by atomic mass is 9.71. The minimum Gasteiger partial charge on any atom is -0.370 e. The Kier molecular flexibility index (Phi) is 3.38. The number of nitriles is 1. The summed E-state index contributed by atoms with van der Waals surface area (Å²) in [5.74, 6) is -0.311. The maximum Gasteiger partial charge on any atom is 0.227 e. The summed E-state index contributed by atoms with van der Waals surface area (Å²) < 4.78 is 0. The third-order valence-corrected chi connectivity index (χ3v) is 4.54. The molecule has 1 aromatic carbocycles. The average molecular weight is 283 g/mol. The first kappa shape index (κ1) is 13.6. The van der Waals surface area contributed by atoms with E-state index in [9.17, 15) is 14.9 Å². The Bertz CT molecular complexity index is 607. The van der Waals surface area contributed by atoms with Crippen molar-refractivity contribution in [3.05, 3.63) is 29.8 Å². The fraction of sp³-hybridized carbons (Fsp3) is 0.438. The molecule has 2 heterocycles. The van der Waals surface area contributed by atoms with Gasteiger partial charge in [0.1, 0.15) is 6.07 Å². The summed E-state index contributed by atoms with van der Waals surface area (Å²) in [6.45, 7) is 1.55. The van der Waals surface area contributed by atoms with Gasteiger partial charge in [-0.2, -0.15) is 5.26 Å². The predicted molar refractivity (Wildman–Crippen MR) is 77.4 cm³/mol. The van der Waals surface area contributed by atoms with Crippen molar-refractivity contribution < 1.29 is 9.59 Å². The van der Waals surface area contributed by atoms with Gasteiger partial charge in [0.05, 0.1) is 11.3 Å². The van der Waals surface area contributed by atoms with Crippen molar-refractivity contribution >= 4 is 17.5 Å². The molecule has 0 aliphatic carbocycles. The Morgan fingerprint density at radius 1 is 1.10 bits per heavy atom. The van der Waals surface area contributed by atoms with Gasteiger partial charge in [0.15, 0.2) is 0 Å². The number of imide groups is 1. The van der Waals surface area contributed by atoms with E-state index in [0.717, 1.165) is 31.6 Å². The fourth-order valence-corrected chi connectivity index (χ4v) is 3.41. The number of nitrogens with zero attached hydrogens (tertiary/aromatic N) is 2. The molecule has 108 valence electrons. The Balaban J connectivity index is 1.75. The molecule has 1 N–H and O–H groups in total. The number of anilines is 1. The number of hydrogen-bond acceptors (Lipinski definition) is 4. The number of carbonyl (C=O) groups excluding carboxylic acids is 2. The number of hydrogen-bond donors (Lipinski definition) is 1. The second kappa shape index (κ2) is 5.21. The molecule has 0 atom stereocenters. The SMILES string of the molecule is N#Cc1ccccc1N1CCC2(CC1)CC(=O)NC(=O)C2. The normalized spacial score (nSPS) is 21.0. The smallest absolute Gasteiger partial charge is 0.227 e. The first-order valence-electron chi connectivity index (χ1n) is 7.19. The molecule has 1 spiro atoms. The molecular formula is C16H17N3O2. The zero-order valence-corrected chi connectivity index (χ0v) is 11.8. The van der Waals surface area contributed by atoms with Gasteiger partial charge in [-0.25, -0.2) is 0 Å². The summed E-state index contributed by atoms with van der Waals surface area (Å²) in [6.07, 6.45) is 2.50. The van der Waals surface area contributed by atoms with Crippen LogP contribution >= 0.6 is 0 Å². The molecular weight excluding hydrogens is 266 g/mol. The van der Waals surface area contributed by atoms with Crippen molar-refractivity contribution in [2.45, 2.75) is 25.7 Å². The van der Waals surface area contributed by atoms with E-state index in [4.69, 9.17) is 0 Å². The van der Waals surface area contributed by atoms with Gasteiger partial charge in [0, 0.05) is 25.9 Å². The molecule has 0 bridgehead atoms. The number of para-hydroxylation sites is 1. The summed E-state index contributed by atoms with van der Waals surface area (Å²) in [5, 5.41) is 11.6. The van der Waals surface area contributed by atoms with E-state index in [2.05, 4.69) is 16.3 Å². The molecule has 2 saturated heterocycles. The van der Waals surface area contributed by atoms with Gasteiger partial charge in [-0.1, -0.05) is 12.1 Å². The van der Waals surface area contributed by atoms with Crippen LogP contribution in [-0.2, 0) is 9.59 Å². The lowest BCUT2D eigenvalue weighted by Crippen LogP contribution is -2.50. The summed E-state index contributed by atoms with van der Waals surface area (Å²) in [4.78, 5) is 25.4. The zero-order chi connectivity index (χ0) is 14.9. The van der Waals surface area contributed by atoms with Crippen LogP contribution in [0.2, 0.25) is 0 Å². The van der Waals surface area contributed by atoms with Crippen molar-refractivity contribution in [2.24, 2.45) is 5.41 Å². The van der Waals surface area contributed by atoms with Gasteiger partial charge < -0.3 is 4.90 Å². The molecule has 0 aromatic heterocycles. The molecule has 5 nitrogen and oxygen atoms in total. The van der Waals surface area contributed by atoms with Crippen molar-refractivity contribution in [2.75, 3.05) is 18.0 Å². The Morgan fingerprint density at radius 3 is 2.33 bits per heavy atom. The van der Waals surface area contributed by atoms with Crippen LogP contribution in [0.1, 0.15) is 31.2 Å². The highest BCUT2D eigenvalue weighted by molar-refractivity contribution is 5.98. The molecule has 0 radical (unpaired) electrons. The Morgan fingerprint density at radius 2 is 1.71 bits per heavy atom. The van der Waals surface area contributed by atoms with Crippen molar-refractivity contribution in [3.63, 3.8) is 0 Å².